The maximum Gasteiger partial charge on any atom is 0.225 e. The molecular formula is C23H22N4O3S2. The Kier molecular flexibility index (Phi) is 5.52. The number of nitrogens with one attached hydrogen (secondary N) is 1. The summed E-state index contributed by atoms with van der Waals surface area (Å²) in [5.41, 5.74) is 2.94. The average Bonchev–Trinajstić information content (AvgIpc) is 3.49. The van der Waals surface area contributed by atoms with Gasteiger partial charge in [0.1, 0.15) is 5.82 Å². The first kappa shape index (κ1) is 20.8. The Morgan fingerprint density at radius 3 is 2.66 bits per heavy atom. The zero-order valence-electron chi connectivity index (χ0n) is 17.3. The summed E-state index contributed by atoms with van der Waals surface area (Å²) in [4.78, 5) is 17.7. The first-order chi connectivity index (χ1) is 15.5. The van der Waals surface area contributed by atoms with E-state index in [1.54, 1.807) is 35.0 Å². The van der Waals surface area contributed by atoms with Gasteiger partial charge in [-0.3, -0.25) is 4.79 Å². The van der Waals surface area contributed by atoms with Crippen molar-refractivity contribution < 1.29 is 13.2 Å². The number of para-hydroxylation sites is 1. The molecule has 32 heavy (non-hydrogen) atoms. The highest BCUT2D eigenvalue weighted by atomic mass is 32.2. The molecule has 1 aliphatic carbocycles. The van der Waals surface area contributed by atoms with E-state index in [9.17, 15) is 13.2 Å². The van der Waals surface area contributed by atoms with Gasteiger partial charge in [0, 0.05) is 12.0 Å². The van der Waals surface area contributed by atoms with Crippen LogP contribution in [-0.2, 0) is 27.5 Å². The summed E-state index contributed by atoms with van der Waals surface area (Å²) in [6, 6.07) is 16.2. The Bertz CT molecular complexity index is 1360. The molecule has 1 amide bonds. The highest BCUT2D eigenvalue weighted by molar-refractivity contribution is 7.91. The maximum atomic E-state index is 12.7. The Morgan fingerprint density at radius 1 is 1.06 bits per heavy atom. The number of amides is 1. The molecule has 5 rings (SSSR count). The van der Waals surface area contributed by atoms with Crippen LogP contribution in [0.15, 0.2) is 59.5 Å². The minimum atomic E-state index is -3.40. The minimum Gasteiger partial charge on any atom is -0.310 e. The molecule has 0 spiro atoms. The number of hydrogen-bond acceptors (Lipinski definition) is 6. The molecule has 2 heterocycles. The number of aryl methyl sites for hydroxylation is 1. The molecular weight excluding hydrogens is 444 g/mol. The topological polar surface area (TPSA) is 94.0 Å². The van der Waals surface area contributed by atoms with Gasteiger partial charge >= 0.3 is 0 Å². The largest absolute Gasteiger partial charge is 0.310 e. The van der Waals surface area contributed by atoms with Crippen molar-refractivity contribution in [2.45, 2.75) is 37.0 Å². The first-order valence-corrected chi connectivity index (χ1v) is 13.0. The highest BCUT2D eigenvalue weighted by Gasteiger charge is 2.25. The number of aromatic nitrogens is 3. The molecule has 0 bridgehead atoms. The molecule has 0 radical (unpaired) electrons. The summed E-state index contributed by atoms with van der Waals surface area (Å²) in [6.45, 7) is 0. The van der Waals surface area contributed by atoms with Gasteiger partial charge in [-0.05, 0) is 49.9 Å². The predicted molar refractivity (Wildman–Crippen MR) is 125 cm³/mol. The lowest BCUT2D eigenvalue weighted by Gasteiger charge is -2.09. The third kappa shape index (κ3) is 4.05. The molecule has 2 aromatic carbocycles. The Hall–Kier alpha value is -3.04. The number of rotatable bonds is 7. The van der Waals surface area contributed by atoms with Crippen LogP contribution in [0.3, 0.4) is 0 Å². The van der Waals surface area contributed by atoms with Gasteiger partial charge in [0.2, 0.25) is 11.0 Å². The lowest BCUT2D eigenvalue weighted by molar-refractivity contribution is -0.116. The predicted octanol–water partition coefficient (Wildman–Crippen LogP) is 4.16. The van der Waals surface area contributed by atoms with E-state index in [-0.39, 0.29) is 29.4 Å². The van der Waals surface area contributed by atoms with Gasteiger partial charge in [0.15, 0.2) is 9.84 Å². The van der Waals surface area contributed by atoms with Crippen LogP contribution in [-0.4, -0.2) is 34.8 Å². The number of carbonyl (C=O) groups is 1. The van der Waals surface area contributed by atoms with Crippen molar-refractivity contribution in [3.8, 4) is 5.13 Å². The fourth-order valence-electron chi connectivity index (χ4n) is 3.97. The number of fused-ring (bicyclic) bond motifs is 2. The van der Waals surface area contributed by atoms with Crippen LogP contribution in [0.1, 0.15) is 30.5 Å². The van der Waals surface area contributed by atoms with Crippen LogP contribution < -0.4 is 5.32 Å². The molecule has 0 saturated heterocycles. The van der Waals surface area contributed by atoms with E-state index in [4.69, 9.17) is 5.10 Å². The average molecular weight is 467 g/mol. The lowest BCUT2D eigenvalue weighted by atomic mass is 10.2. The van der Waals surface area contributed by atoms with E-state index < -0.39 is 9.84 Å². The number of carbonyl (C=O) groups excluding carboxylic acids is 1. The molecule has 4 aromatic rings. The standard InChI is InChI=1S/C23H22N4O3S2/c28-21(14-7-15-32(29,30)16-8-2-1-3-9-16)25-22-17-10-6-12-18(17)26-27(22)23-24-19-11-4-5-13-20(19)31-23/h1-5,8-9,11,13H,6-7,10,12,14-15H2,(H,25,28). The van der Waals surface area contributed by atoms with Gasteiger partial charge in [0.05, 0.1) is 26.6 Å². The highest BCUT2D eigenvalue weighted by Crippen LogP contribution is 2.33. The van der Waals surface area contributed by atoms with Gasteiger partial charge in [-0.15, -0.1) is 0 Å². The zero-order valence-corrected chi connectivity index (χ0v) is 19.0. The van der Waals surface area contributed by atoms with Gasteiger partial charge in [0.25, 0.3) is 0 Å². The molecule has 164 valence electrons. The fraction of sp³-hybridized carbons (Fsp3) is 0.261. The molecule has 0 atom stereocenters. The van der Waals surface area contributed by atoms with E-state index in [2.05, 4.69) is 10.3 Å². The normalized spacial score (nSPS) is 13.4. The van der Waals surface area contributed by atoms with E-state index in [1.165, 1.54) is 11.3 Å². The zero-order chi connectivity index (χ0) is 22.1. The van der Waals surface area contributed by atoms with Gasteiger partial charge in [-0.1, -0.05) is 41.7 Å². The second-order valence-corrected chi connectivity index (χ2v) is 10.9. The van der Waals surface area contributed by atoms with E-state index >= 15 is 0 Å². The summed E-state index contributed by atoms with van der Waals surface area (Å²) in [7, 11) is -3.40. The maximum absolute atomic E-state index is 12.7. The second kappa shape index (κ2) is 8.48. The number of hydrogen-bond donors (Lipinski definition) is 1. The van der Waals surface area contributed by atoms with E-state index in [0.29, 0.717) is 10.9 Å². The van der Waals surface area contributed by atoms with Gasteiger partial charge < -0.3 is 5.32 Å². The van der Waals surface area contributed by atoms with Crippen molar-refractivity contribution >= 4 is 43.1 Å². The molecule has 7 nitrogen and oxygen atoms in total. The number of thiazole rings is 1. The Balaban J connectivity index is 1.32. The summed E-state index contributed by atoms with van der Waals surface area (Å²) in [6.07, 6.45) is 3.12. The quantitative estimate of drug-likeness (QED) is 0.441. The van der Waals surface area contributed by atoms with Gasteiger partial charge in [-0.25, -0.2) is 13.4 Å². The summed E-state index contributed by atoms with van der Waals surface area (Å²) in [5, 5.41) is 8.43. The van der Waals surface area contributed by atoms with Crippen molar-refractivity contribution in [2.75, 3.05) is 11.1 Å². The Labute approximate surface area is 190 Å². The summed E-state index contributed by atoms with van der Waals surface area (Å²) >= 11 is 1.53. The molecule has 0 saturated carbocycles. The number of nitrogens with zero attached hydrogens (tertiary/aromatic N) is 3. The van der Waals surface area contributed by atoms with Crippen LogP contribution in [0.2, 0.25) is 0 Å². The molecule has 0 aliphatic heterocycles. The summed E-state index contributed by atoms with van der Waals surface area (Å²) in [5.74, 6) is 0.373. The lowest BCUT2D eigenvalue weighted by Crippen LogP contribution is -2.17. The molecule has 1 N–H and O–H groups in total. The van der Waals surface area contributed by atoms with Crippen molar-refractivity contribution in [2.24, 2.45) is 0 Å². The second-order valence-electron chi connectivity index (χ2n) is 7.79. The fourth-order valence-corrected chi connectivity index (χ4v) is 6.23. The van der Waals surface area contributed by atoms with Crippen LogP contribution in [0.5, 0.6) is 0 Å². The third-order valence-corrected chi connectivity index (χ3v) is 8.38. The summed E-state index contributed by atoms with van der Waals surface area (Å²) < 4.78 is 27.7. The van der Waals surface area contributed by atoms with E-state index in [1.807, 2.05) is 24.3 Å². The van der Waals surface area contributed by atoms with Crippen LogP contribution in [0.4, 0.5) is 5.82 Å². The molecule has 0 fully saturated rings. The minimum absolute atomic E-state index is 0.0698. The molecule has 1 aliphatic rings. The number of benzene rings is 2. The van der Waals surface area contributed by atoms with Crippen molar-refractivity contribution in [1.29, 1.82) is 0 Å². The first-order valence-electron chi connectivity index (χ1n) is 10.6. The van der Waals surface area contributed by atoms with Crippen LogP contribution in [0.25, 0.3) is 15.3 Å². The van der Waals surface area contributed by atoms with Crippen molar-refractivity contribution in [1.82, 2.24) is 14.8 Å². The van der Waals surface area contributed by atoms with E-state index in [0.717, 1.165) is 40.7 Å². The SMILES string of the molecule is O=C(CCCS(=O)(=O)c1ccccc1)Nc1c2c(nn1-c1nc3ccccc3s1)CCC2. The third-order valence-electron chi connectivity index (χ3n) is 5.55. The number of sulfone groups is 1. The smallest absolute Gasteiger partial charge is 0.225 e. The van der Waals surface area contributed by atoms with Crippen molar-refractivity contribution in [3.63, 3.8) is 0 Å². The molecule has 9 heteroatoms. The Morgan fingerprint density at radius 2 is 1.84 bits per heavy atom. The van der Waals surface area contributed by atoms with Gasteiger partial charge in [-0.2, -0.15) is 9.78 Å². The van der Waals surface area contributed by atoms with Crippen LogP contribution >= 0.6 is 11.3 Å². The van der Waals surface area contributed by atoms with Crippen LogP contribution in [0, 0.1) is 0 Å². The molecule has 0 unspecified atom stereocenters. The molecule has 2 aromatic heterocycles. The number of anilines is 1. The van der Waals surface area contributed by atoms with Crippen molar-refractivity contribution in [3.05, 3.63) is 65.9 Å². The monoisotopic (exact) mass is 466 g/mol.